The lowest BCUT2D eigenvalue weighted by molar-refractivity contribution is -0.146. The summed E-state index contributed by atoms with van der Waals surface area (Å²) < 4.78 is 35.4. The van der Waals surface area contributed by atoms with Crippen molar-refractivity contribution in [2.45, 2.75) is 20.0 Å². The molecule has 0 atom stereocenters. The predicted molar refractivity (Wildman–Crippen MR) is 43.4 cm³/mol. The van der Waals surface area contributed by atoms with Gasteiger partial charge >= 0.3 is 6.18 Å². The van der Waals surface area contributed by atoms with Crippen LogP contribution in [0.1, 0.15) is 13.8 Å². The number of likely N-dealkylation sites (N-methyl/N-ethyl adjacent to an activating group) is 1. The molecule has 13 heavy (non-hydrogen) atoms. The summed E-state index contributed by atoms with van der Waals surface area (Å²) in [6.45, 7) is 2.16. The Balaban J connectivity index is 3.88. The number of rotatable bonds is 4. The monoisotopic (exact) mass is 197 g/mol. The molecule has 0 aromatic heterocycles. The Hall–Kier alpha value is -0.580. The molecule has 0 aliphatic rings. The van der Waals surface area contributed by atoms with Crippen LogP contribution in [0.5, 0.6) is 0 Å². The quantitative estimate of drug-likeness (QED) is 0.683. The van der Waals surface area contributed by atoms with Crippen molar-refractivity contribution in [2.75, 3.05) is 20.1 Å². The van der Waals surface area contributed by atoms with Gasteiger partial charge in [0.1, 0.15) is 5.78 Å². The lowest BCUT2D eigenvalue weighted by atomic mass is 10.1. The largest absolute Gasteiger partial charge is 0.401 e. The molecule has 0 aromatic carbocycles. The summed E-state index contributed by atoms with van der Waals surface area (Å²) in [7, 11) is 1.29. The lowest BCUT2D eigenvalue weighted by Gasteiger charge is -2.18. The number of carbonyl (C=O) groups is 1. The van der Waals surface area contributed by atoms with Crippen LogP contribution in [0, 0.1) is 5.92 Å². The van der Waals surface area contributed by atoms with Crippen molar-refractivity contribution in [3.63, 3.8) is 0 Å². The maximum Gasteiger partial charge on any atom is 0.401 e. The van der Waals surface area contributed by atoms with E-state index in [2.05, 4.69) is 0 Å². The molecule has 2 nitrogen and oxygen atoms in total. The summed E-state index contributed by atoms with van der Waals surface area (Å²) in [5.74, 6) is -0.387. The molecule has 0 bridgehead atoms. The van der Waals surface area contributed by atoms with Gasteiger partial charge in [-0.05, 0) is 7.05 Å². The molecule has 78 valence electrons. The third-order valence-corrected chi connectivity index (χ3v) is 1.52. The predicted octanol–water partition coefficient (Wildman–Crippen LogP) is 1.71. The summed E-state index contributed by atoms with van der Waals surface area (Å²) in [6, 6.07) is 0. The fourth-order valence-corrected chi connectivity index (χ4v) is 0.811. The Morgan fingerprint density at radius 3 is 2.15 bits per heavy atom. The minimum atomic E-state index is -4.23. The van der Waals surface area contributed by atoms with Crippen LogP contribution in [0.2, 0.25) is 0 Å². The third kappa shape index (κ3) is 6.57. The maximum absolute atomic E-state index is 11.8. The van der Waals surface area contributed by atoms with E-state index in [4.69, 9.17) is 0 Å². The Kier molecular flexibility index (Phi) is 4.39. The van der Waals surface area contributed by atoms with E-state index in [1.807, 2.05) is 0 Å². The molecule has 0 radical (unpaired) electrons. The third-order valence-electron chi connectivity index (χ3n) is 1.52. The number of carbonyl (C=O) groups excluding carboxylic acids is 1. The Morgan fingerprint density at radius 2 is 1.85 bits per heavy atom. The second-order valence-corrected chi connectivity index (χ2v) is 3.41. The van der Waals surface area contributed by atoms with Gasteiger partial charge in [0.2, 0.25) is 0 Å². The van der Waals surface area contributed by atoms with Gasteiger partial charge in [0.25, 0.3) is 0 Å². The van der Waals surface area contributed by atoms with Gasteiger partial charge in [0.15, 0.2) is 0 Å². The van der Waals surface area contributed by atoms with Crippen molar-refractivity contribution < 1.29 is 18.0 Å². The smallest absolute Gasteiger partial charge is 0.298 e. The van der Waals surface area contributed by atoms with Crippen LogP contribution in [-0.4, -0.2) is 37.0 Å². The molecule has 0 fully saturated rings. The van der Waals surface area contributed by atoms with E-state index < -0.39 is 12.7 Å². The first kappa shape index (κ1) is 12.4. The van der Waals surface area contributed by atoms with Crippen LogP contribution >= 0.6 is 0 Å². The number of nitrogens with zero attached hydrogens (tertiary/aromatic N) is 1. The molecule has 0 saturated carbocycles. The van der Waals surface area contributed by atoms with Crippen molar-refractivity contribution in [2.24, 2.45) is 5.92 Å². The normalized spacial score (nSPS) is 12.6. The van der Waals surface area contributed by atoms with Crippen LogP contribution in [0.25, 0.3) is 0 Å². The SMILES string of the molecule is CC(C)C(=O)CN(C)CC(F)(F)F. The van der Waals surface area contributed by atoms with Crippen molar-refractivity contribution >= 4 is 5.78 Å². The number of Topliss-reactive ketones (excluding diaryl/α,β-unsaturated/α-hetero) is 1. The second kappa shape index (κ2) is 4.60. The second-order valence-electron chi connectivity index (χ2n) is 3.41. The number of halogens is 3. The van der Waals surface area contributed by atoms with Crippen molar-refractivity contribution in [1.82, 2.24) is 4.90 Å². The standard InChI is InChI=1S/C8H14F3NO/c1-6(2)7(13)4-12(3)5-8(9,10)11/h6H,4-5H2,1-3H3. The summed E-state index contributed by atoms with van der Waals surface area (Å²) >= 11 is 0. The van der Waals surface area contributed by atoms with E-state index in [-0.39, 0.29) is 18.2 Å². The molecule has 0 heterocycles. The number of hydrogen-bond donors (Lipinski definition) is 0. The van der Waals surface area contributed by atoms with Crippen LogP contribution in [0.15, 0.2) is 0 Å². The van der Waals surface area contributed by atoms with E-state index in [1.165, 1.54) is 7.05 Å². The average Bonchev–Trinajstić information content (AvgIpc) is 1.81. The molecule has 0 N–H and O–H groups in total. The topological polar surface area (TPSA) is 20.3 Å². The average molecular weight is 197 g/mol. The first-order valence-corrected chi connectivity index (χ1v) is 4.00. The minimum absolute atomic E-state index is 0.142. The highest BCUT2D eigenvalue weighted by Gasteiger charge is 2.29. The summed E-state index contributed by atoms with van der Waals surface area (Å²) in [5.41, 5.74) is 0. The van der Waals surface area contributed by atoms with Gasteiger partial charge in [-0.3, -0.25) is 9.69 Å². The molecule has 0 amide bonds. The summed E-state index contributed by atoms with van der Waals surface area (Å²) in [6.07, 6.45) is -4.23. The Morgan fingerprint density at radius 1 is 1.38 bits per heavy atom. The fraction of sp³-hybridized carbons (Fsp3) is 0.875. The minimum Gasteiger partial charge on any atom is -0.298 e. The highest BCUT2D eigenvalue weighted by atomic mass is 19.4. The van der Waals surface area contributed by atoms with Crippen molar-refractivity contribution in [1.29, 1.82) is 0 Å². The van der Waals surface area contributed by atoms with E-state index >= 15 is 0 Å². The molecule has 0 unspecified atom stereocenters. The molecule has 0 aliphatic carbocycles. The number of hydrogen-bond acceptors (Lipinski definition) is 2. The number of ketones is 1. The van der Waals surface area contributed by atoms with Crippen molar-refractivity contribution in [3.8, 4) is 0 Å². The van der Waals surface area contributed by atoms with Gasteiger partial charge in [-0.2, -0.15) is 13.2 Å². The molecule has 0 saturated heterocycles. The van der Waals surface area contributed by atoms with Crippen LogP contribution < -0.4 is 0 Å². The summed E-state index contributed by atoms with van der Waals surface area (Å²) in [5, 5.41) is 0. The molecule has 0 aromatic rings. The zero-order valence-electron chi connectivity index (χ0n) is 7.98. The van der Waals surface area contributed by atoms with Gasteiger partial charge in [-0.25, -0.2) is 0 Å². The first-order valence-electron chi connectivity index (χ1n) is 4.00. The van der Waals surface area contributed by atoms with E-state index in [9.17, 15) is 18.0 Å². The molecular formula is C8H14F3NO. The van der Waals surface area contributed by atoms with Gasteiger partial charge in [-0.15, -0.1) is 0 Å². The lowest BCUT2D eigenvalue weighted by Crippen LogP contribution is -2.36. The zero-order valence-corrected chi connectivity index (χ0v) is 7.98. The van der Waals surface area contributed by atoms with Gasteiger partial charge in [-0.1, -0.05) is 13.8 Å². The highest BCUT2D eigenvalue weighted by Crippen LogP contribution is 2.15. The Bertz CT molecular complexity index is 177. The molecule has 0 spiro atoms. The van der Waals surface area contributed by atoms with E-state index in [0.717, 1.165) is 4.90 Å². The Labute approximate surface area is 75.7 Å². The van der Waals surface area contributed by atoms with Crippen LogP contribution in [-0.2, 0) is 4.79 Å². The number of alkyl halides is 3. The van der Waals surface area contributed by atoms with Crippen LogP contribution in [0.4, 0.5) is 13.2 Å². The van der Waals surface area contributed by atoms with E-state index in [0.29, 0.717) is 0 Å². The molecule has 0 rings (SSSR count). The maximum atomic E-state index is 11.8. The first-order chi connectivity index (χ1) is 5.72. The van der Waals surface area contributed by atoms with Gasteiger partial charge < -0.3 is 0 Å². The zero-order chi connectivity index (χ0) is 10.6. The van der Waals surface area contributed by atoms with Crippen molar-refractivity contribution in [3.05, 3.63) is 0 Å². The molecular weight excluding hydrogens is 183 g/mol. The fourth-order valence-electron chi connectivity index (χ4n) is 0.811. The highest BCUT2D eigenvalue weighted by molar-refractivity contribution is 5.82. The molecule has 5 heteroatoms. The summed E-state index contributed by atoms with van der Waals surface area (Å²) in [4.78, 5) is 12.0. The molecule has 0 aliphatic heterocycles. The van der Waals surface area contributed by atoms with Crippen LogP contribution in [0.3, 0.4) is 0 Å². The van der Waals surface area contributed by atoms with Gasteiger partial charge in [0, 0.05) is 5.92 Å². The van der Waals surface area contributed by atoms with E-state index in [1.54, 1.807) is 13.8 Å². The van der Waals surface area contributed by atoms with Gasteiger partial charge in [0.05, 0.1) is 13.1 Å².